The Balaban J connectivity index is 2.77. The van der Waals surface area contributed by atoms with E-state index < -0.39 is 29.9 Å². The van der Waals surface area contributed by atoms with E-state index in [-0.39, 0.29) is 0 Å². The van der Waals surface area contributed by atoms with Gasteiger partial charge in [0, 0.05) is 0 Å². The lowest BCUT2D eigenvalue weighted by molar-refractivity contribution is -0.136. The van der Waals surface area contributed by atoms with Gasteiger partial charge in [-0.2, -0.15) is 0 Å². The van der Waals surface area contributed by atoms with Crippen molar-refractivity contribution in [3.8, 4) is 5.75 Å². The molecule has 0 unspecified atom stereocenters. The van der Waals surface area contributed by atoms with Crippen LogP contribution in [0, 0.1) is 6.92 Å². The molecule has 0 radical (unpaired) electrons. The zero-order valence-electron chi connectivity index (χ0n) is 13.8. The molecule has 0 fully saturated rings. The summed E-state index contributed by atoms with van der Waals surface area (Å²) in [6.45, 7) is 7.64. The van der Waals surface area contributed by atoms with Gasteiger partial charge in [-0.05, 0) is 43.0 Å². The number of benzene rings is 1. The summed E-state index contributed by atoms with van der Waals surface area (Å²) >= 11 is 0. The average Bonchev–Trinajstić information content (AvgIpc) is 2.43. The Labute approximate surface area is 135 Å². The minimum atomic E-state index is -1.56. The fourth-order valence-corrected chi connectivity index (χ4v) is 2.17. The maximum Gasteiger partial charge on any atom is 0.261 e. The molecular weight excluding hydrogens is 298 g/mol. The van der Waals surface area contributed by atoms with Gasteiger partial charge in [0.05, 0.1) is 0 Å². The molecule has 7 nitrogen and oxygen atoms in total. The van der Waals surface area contributed by atoms with Gasteiger partial charge in [-0.25, -0.2) is 0 Å². The maximum atomic E-state index is 12.0. The third kappa shape index (κ3) is 4.98. The van der Waals surface area contributed by atoms with Crippen LogP contribution in [0.3, 0.4) is 0 Å². The van der Waals surface area contributed by atoms with Gasteiger partial charge in [-0.1, -0.05) is 19.9 Å². The summed E-state index contributed by atoms with van der Waals surface area (Å²) in [7, 11) is 0. The zero-order valence-corrected chi connectivity index (χ0v) is 13.8. The van der Waals surface area contributed by atoms with Crippen molar-refractivity contribution in [2.75, 3.05) is 0 Å². The molecule has 5 N–H and O–H groups in total. The van der Waals surface area contributed by atoms with E-state index in [1.165, 1.54) is 12.5 Å². The number of aryl methyl sites for hydroxylation is 1. The molecule has 7 heteroatoms. The first-order valence-electron chi connectivity index (χ1n) is 7.29. The summed E-state index contributed by atoms with van der Waals surface area (Å²) in [4.78, 5) is 34.1. The second-order valence-corrected chi connectivity index (χ2v) is 5.68. The highest BCUT2D eigenvalue weighted by Gasteiger charge is 2.26. The lowest BCUT2D eigenvalue weighted by Gasteiger charge is -2.18. The van der Waals surface area contributed by atoms with E-state index in [1.807, 2.05) is 19.1 Å². The van der Waals surface area contributed by atoms with Crippen LogP contribution >= 0.6 is 0 Å². The van der Waals surface area contributed by atoms with Crippen molar-refractivity contribution in [3.05, 3.63) is 29.3 Å². The third-order valence-corrected chi connectivity index (χ3v) is 3.40. The van der Waals surface area contributed by atoms with E-state index in [2.05, 4.69) is 19.2 Å². The maximum absolute atomic E-state index is 12.0. The highest BCUT2D eigenvalue weighted by Crippen LogP contribution is 2.24. The van der Waals surface area contributed by atoms with E-state index in [1.54, 1.807) is 6.07 Å². The summed E-state index contributed by atoms with van der Waals surface area (Å²) in [5.41, 5.74) is 12.3. The van der Waals surface area contributed by atoms with E-state index in [0.717, 1.165) is 5.56 Å². The minimum Gasteiger partial charge on any atom is -0.481 e. The number of nitrogens with two attached hydrogens (primary N) is 2. The SMILES string of the molecule is Cc1cc(O[C@H](C)C(=O)NC(C(N)=O)C(N)=O)ccc1C(C)C. The number of primary amides is 2. The van der Waals surface area contributed by atoms with Crippen LogP contribution in [0.15, 0.2) is 18.2 Å². The number of rotatable bonds is 7. The summed E-state index contributed by atoms with van der Waals surface area (Å²) in [6.07, 6.45) is -0.916. The number of carbonyl (C=O) groups excluding carboxylic acids is 3. The van der Waals surface area contributed by atoms with E-state index in [0.29, 0.717) is 11.7 Å². The molecule has 3 amide bonds. The van der Waals surface area contributed by atoms with Crippen LogP contribution in [0.2, 0.25) is 0 Å². The summed E-state index contributed by atoms with van der Waals surface area (Å²) in [6, 6.07) is 3.98. The minimum absolute atomic E-state index is 0.386. The van der Waals surface area contributed by atoms with Crippen molar-refractivity contribution in [3.63, 3.8) is 0 Å². The van der Waals surface area contributed by atoms with Gasteiger partial charge in [-0.15, -0.1) is 0 Å². The second kappa shape index (κ2) is 7.62. The molecule has 0 heterocycles. The number of hydrogen-bond acceptors (Lipinski definition) is 4. The molecule has 1 rings (SSSR count). The Morgan fingerprint density at radius 3 is 2.09 bits per heavy atom. The normalized spacial score (nSPS) is 12.1. The largest absolute Gasteiger partial charge is 0.481 e. The number of carbonyl (C=O) groups is 3. The Kier molecular flexibility index (Phi) is 6.12. The standard InChI is InChI=1S/C16H23N3O4/c1-8(2)12-6-5-11(7-9(12)3)23-10(4)16(22)19-13(14(17)20)15(18)21/h5-8,10,13H,1-4H3,(H2,17,20)(H2,18,21)(H,19,22)/t10-/m1/s1. The van der Waals surface area contributed by atoms with Gasteiger partial charge in [0.15, 0.2) is 12.1 Å². The molecule has 1 aromatic rings. The topological polar surface area (TPSA) is 125 Å². The molecule has 0 saturated carbocycles. The van der Waals surface area contributed by atoms with E-state index >= 15 is 0 Å². The summed E-state index contributed by atoms with van der Waals surface area (Å²) < 4.78 is 5.54. The molecule has 0 aromatic heterocycles. The molecular formula is C16H23N3O4. The molecule has 1 atom stereocenters. The highest BCUT2D eigenvalue weighted by atomic mass is 16.5. The molecule has 0 aliphatic carbocycles. The second-order valence-electron chi connectivity index (χ2n) is 5.68. The summed E-state index contributed by atoms with van der Waals surface area (Å²) in [5, 5.41) is 2.17. The highest BCUT2D eigenvalue weighted by molar-refractivity contribution is 6.06. The number of amides is 3. The van der Waals surface area contributed by atoms with Crippen molar-refractivity contribution < 1.29 is 19.1 Å². The summed E-state index contributed by atoms with van der Waals surface area (Å²) in [5.74, 6) is -1.79. The van der Waals surface area contributed by atoms with Crippen LogP contribution in [0.1, 0.15) is 37.8 Å². The first-order chi connectivity index (χ1) is 10.6. The monoisotopic (exact) mass is 321 g/mol. The van der Waals surface area contributed by atoms with E-state index in [4.69, 9.17) is 16.2 Å². The molecule has 0 aliphatic rings. The Bertz CT molecular complexity index is 599. The van der Waals surface area contributed by atoms with Gasteiger partial charge in [0.2, 0.25) is 11.8 Å². The molecule has 0 saturated heterocycles. The van der Waals surface area contributed by atoms with Crippen molar-refractivity contribution in [2.45, 2.75) is 45.8 Å². The fraction of sp³-hybridized carbons (Fsp3) is 0.438. The van der Waals surface area contributed by atoms with Crippen LogP contribution in [0.5, 0.6) is 5.75 Å². The predicted molar refractivity (Wildman–Crippen MR) is 85.7 cm³/mol. The van der Waals surface area contributed by atoms with Gasteiger partial charge < -0.3 is 21.5 Å². The molecule has 1 aromatic carbocycles. The number of nitrogens with one attached hydrogen (secondary N) is 1. The number of ether oxygens (including phenoxy) is 1. The Hall–Kier alpha value is -2.57. The Morgan fingerprint density at radius 1 is 1.09 bits per heavy atom. The van der Waals surface area contributed by atoms with Crippen molar-refractivity contribution >= 4 is 17.7 Å². The van der Waals surface area contributed by atoms with Crippen molar-refractivity contribution in [1.29, 1.82) is 0 Å². The average molecular weight is 321 g/mol. The quantitative estimate of drug-likeness (QED) is 0.626. The molecule has 0 bridgehead atoms. The van der Waals surface area contributed by atoms with Crippen LogP contribution in [-0.2, 0) is 14.4 Å². The predicted octanol–water partition coefficient (Wildman–Crippen LogP) is 0.341. The zero-order chi connectivity index (χ0) is 17.7. The molecule has 126 valence electrons. The lowest BCUT2D eigenvalue weighted by atomic mass is 9.98. The van der Waals surface area contributed by atoms with Gasteiger partial charge >= 0.3 is 0 Å². The van der Waals surface area contributed by atoms with Gasteiger partial charge in [0.25, 0.3) is 5.91 Å². The van der Waals surface area contributed by atoms with Crippen LogP contribution in [0.4, 0.5) is 0 Å². The van der Waals surface area contributed by atoms with Crippen molar-refractivity contribution in [1.82, 2.24) is 5.32 Å². The lowest BCUT2D eigenvalue weighted by Crippen LogP contribution is -2.55. The smallest absolute Gasteiger partial charge is 0.261 e. The first kappa shape index (κ1) is 18.5. The van der Waals surface area contributed by atoms with E-state index in [9.17, 15) is 14.4 Å². The first-order valence-corrected chi connectivity index (χ1v) is 7.29. The van der Waals surface area contributed by atoms with Crippen LogP contribution < -0.4 is 21.5 Å². The van der Waals surface area contributed by atoms with Gasteiger partial charge in [-0.3, -0.25) is 14.4 Å². The van der Waals surface area contributed by atoms with Crippen molar-refractivity contribution in [2.24, 2.45) is 11.5 Å². The van der Waals surface area contributed by atoms with Crippen LogP contribution in [-0.4, -0.2) is 29.9 Å². The van der Waals surface area contributed by atoms with Gasteiger partial charge in [0.1, 0.15) is 5.75 Å². The fourth-order valence-electron chi connectivity index (χ4n) is 2.17. The Morgan fingerprint density at radius 2 is 1.65 bits per heavy atom. The molecule has 23 heavy (non-hydrogen) atoms. The third-order valence-electron chi connectivity index (χ3n) is 3.40. The molecule has 0 aliphatic heterocycles. The molecule has 0 spiro atoms. The number of hydrogen-bond donors (Lipinski definition) is 3. The van der Waals surface area contributed by atoms with Crippen LogP contribution in [0.25, 0.3) is 0 Å².